The topological polar surface area (TPSA) is 66.6 Å². The van der Waals surface area contributed by atoms with Gasteiger partial charge in [0.05, 0.1) is 12.3 Å². The minimum absolute atomic E-state index is 0.493. The molecule has 30 heavy (non-hydrogen) atoms. The molecule has 7 nitrogen and oxygen atoms in total. The third-order valence-corrected chi connectivity index (χ3v) is 9.34. The molecule has 0 spiro atoms. The van der Waals surface area contributed by atoms with Gasteiger partial charge in [-0.05, 0) is 83.3 Å². The second kappa shape index (κ2) is 8.58. The van der Waals surface area contributed by atoms with Crippen molar-refractivity contribution in [1.29, 1.82) is 0 Å². The number of fused-ring (bicyclic) bond motifs is 10. The molecule has 0 radical (unpaired) electrons. The summed E-state index contributed by atoms with van der Waals surface area (Å²) in [7, 11) is 0. The van der Waals surface area contributed by atoms with E-state index in [2.05, 4.69) is 43.5 Å². The van der Waals surface area contributed by atoms with Gasteiger partial charge >= 0.3 is 0 Å². The number of piperidine rings is 4. The molecule has 6 saturated heterocycles. The molecule has 0 saturated carbocycles. The SMILES string of the molecule is CC1N[C@@H]2CCCN(C2)C2CCCC(N2)N2NCC3CNC(CC32)C2CNCC1C2. The van der Waals surface area contributed by atoms with Crippen LogP contribution in [0.4, 0.5) is 0 Å². The third kappa shape index (κ3) is 3.85. The van der Waals surface area contributed by atoms with Gasteiger partial charge in [-0.15, -0.1) is 0 Å². The molecule has 0 aromatic rings. The third-order valence-electron chi connectivity index (χ3n) is 9.34. The van der Waals surface area contributed by atoms with Crippen LogP contribution in [0.3, 0.4) is 0 Å². The zero-order chi connectivity index (χ0) is 20.1. The quantitative estimate of drug-likeness (QED) is 0.387. The van der Waals surface area contributed by atoms with Gasteiger partial charge in [0.1, 0.15) is 0 Å². The van der Waals surface area contributed by atoms with Crippen LogP contribution >= 0.6 is 0 Å². The Morgan fingerprint density at radius 1 is 0.800 bits per heavy atom. The predicted molar refractivity (Wildman–Crippen MR) is 120 cm³/mol. The number of hydrogen-bond donors (Lipinski definition) is 5. The van der Waals surface area contributed by atoms with Gasteiger partial charge in [-0.3, -0.25) is 15.6 Å². The van der Waals surface area contributed by atoms with Gasteiger partial charge in [0.2, 0.25) is 0 Å². The van der Waals surface area contributed by atoms with E-state index >= 15 is 0 Å². The van der Waals surface area contributed by atoms with Crippen LogP contribution in [0.5, 0.6) is 0 Å². The number of nitrogens with one attached hydrogen (secondary N) is 5. The highest BCUT2D eigenvalue weighted by Gasteiger charge is 2.45. The van der Waals surface area contributed by atoms with Crippen molar-refractivity contribution < 1.29 is 0 Å². The fourth-order valence-electron chi connectivity index (χ4n) is 7.60. The largest absolute Gasteiger partial charge is 0.316 e. The van der Waals surface area contributed by atoms with Crippen molar-refractivity contribution in [3.8, 4) is 0 Å². The van der Waals surface area contributed by atoms with Crippen LogP contribution < -0.4 is 26.7 Å². The molecule has 10 atom stereocenters. The second-order valence-electron chi connectivity index (χ2n) is 11.2. The number of rotatable bonds is 0. The molecule has 6 aliphatic rings. The minimum atomic E-state index is 0.493. The molecule has 0 aliphatic carbocycles. The summed E-state index contributed by atoms with van der Waals surface area (Å²) in [6.45, 7) is 9.61. The van der Waals surface area contributed by atoms with Gasteiger partial charge in [0.15, 0.2) is 0 Å². The van der Waals surface area contributed by atoms with E-state index in [9.17, 15) is 0 Å². The summed E-state index contributed by atoms with van der Waals surface area (Å²) in [6.07, 6.45) is 10.3. The van der Waals surface area contributed by atoms with Gasteiger partial charge in [-0.1, -0.05) is 0 Å². The van der Waals surface area contributed by atoms with Gasteiger partial charge in [-0.25, -0.2) is 5.01 Å². The van der Waals surface area contributed by atoms with E-state index in [4.69, 9.17) is 0 Å². The monoisotopic (exact) mass is 417 g/mol. The summed E-state index contributed by atoms with van der Waals surface area (Å²) >= 11 is 0. The molecule has 8 bridgehead atoms. The van der Waals surface area contributed by atoms with Gasteiger partial charge < -0.3 is 16.0 Å². The zero-order valence-electron chi connectivity index (χ0n) is 18.8. The second-order valence-corrected chi connectivity index (χ2v) is 11.2. The van der Waals surface area contributed by atoms with Crippen molar-refractivity contribution >= 4 is 0 Å². The number of hydrogen-bond acceptors (Lipinski definition) is 7. The summed E-state index contributed by atoms with van der Waals surface area (Å²) in [4.78, 5) is 2.76. The fraction of sp³-hybridized carbons (Fsp3) is 1.00. The van der Waals surface area contributed by atoms with Crippen molar-refractivity contribution in [2.45, 2.75) is 88.4 Å². The van der Waals surface area contributed by atoms with Gasteiger partial charge in [0.25, 0.3) is 0 Å². The summed E-state index contributed by atoms with van der Waals surface area (Å²) in [5, 5.41) is 18.6. The Morgan fingerprint density at radius 3 is 2.67 bits per heavy atom. The van der Waals surface area contributed by atoms with Crippen molar-refractivity contribution in [2.24, 2.45) is 17.8 Å². The highest BCUT2D eigenvalue weighted by Crippen LogP contribution is 2.34. The van der Waals surface area contributed by atoms with E-state index < -0.39 is 0 Å². The lowest BCUT2D eigenvalue weighted by Gasteiger charge is -2.47. The van der Waals surface area contributed by atoms with Gasteiger partial charge in [0, 0.05) is 49.7 Å². The average Bonchev–Trinajstić information content (AvgIpc) is 3.22. The van der Waals surface area contributed by atoms with Gasteiger partial charge in [-0.2, -0.15) is 0 Å². The summed E-state index contributed by atoms with van der Waals surface area (Å²) in [5.41, 5.74) is 3.84. The van der Waals surface area contributed by atoms with Crippen LogP contribution in [-0.2, 0) is 0 Å². The Balaban J connectivity index is 1.28. The Labute approximate surface area is 182 Å². The Bertz CT molecular complexity index is 602. The van der Waals surface area contributed by atoms with Crippen LogP contribution in [0.2, 0.25) is 0 Å². The number of nitrogens with zero attached hydrogens (tertiary/aromatic N) is 2. The Morgan fingerprint density at radius 2 is 1.70 bits per heavy atom. The van der Waals surface area contributed by atoms with Crippen LogP contribution in [0.25, 0.3) is 0 Å². The molecule has 9 unspecified atom stereocenters. The van der Waals surface area contributed by atoms with E-state index in [1.165, 1.54) is 77.7 Å². The lowest BCUT2D eigenvalue weighted by Crippen LogP contribution is -2.64. The van der Waals surface area contributed by atoms with E-state index in [0.717, 1.165) is 24.3 Å². The fourth-order valence-corrected chi connectivity index (χ4v) is 7.60. The van der Waals surface area contributed by atoms with Crippen LogP contribution in [-0.4, -0.2) is 85.7 Å². The maximum absolute atomic E-state index is 4.10. The normalized spacial score (nSPS) is 52.3. The lowest BCUT2D eigenvalue weighted by atomic mass is 9.77. The first-order valence-corrected chi connectivity index (χ1v) is 13.0. The van der Waals surface area contributed by atoms with E-state index in [1.54, 1.807) is 0 Å². The molecule has 6 aliphatic heterocycles. The first-order valence-electron chi connectivity index (χ1n) is 13.0. The predicted octanol–water partition coefficient (Wildman–Crippen LogP) is 0.261. The molecule has 0 aromatic heterocycles. The van der Waals surface area contributed by atoms with Crippen LogP contribution in [0.1, 0.15) is 51.9 Å². The highest BCUT2D eigenvalue weighted by molar-refractivity contribution is 5.01. The first-order chi connectivity index (χ1) is 14.7. The molecular formula is C23H43N7. The maximum Gasteiger partial charge on any atom is 0.0748 e. The van der Waals surface area contributed by atoms with Crippen molar-refractivity contribution in [1.82, 2.24) is 36.6 Å². The standard InChI is InChI=1S/C23H43N7/c1-15-16-8-17(11-24-10-16)20-9-21-18(12-25-20)13-26-30(21)23-6-2-5-22(28-23)29-7-3-4-19(14-29)27-15/h15-28H,2-14H2,1H3/t15?,16?,17?,18?,19-,20?,21?,22?,23?/m1/s1. The molecule has 5 N–H and O–H groups in total. The lowest BCUT2D eigenvalue weighted by molar-refractivity contribution is -0.00289. The molecule has 0 aromatic carbocycles. The molecule has 170 valence electrons. The Kier molecular flexibility index (Phi) is 5.81. The van der Waals surface area contributed by atoms with Crippen molar-refractivity contribution in [2.75, 3.05) is 39.3 Å². The smallest absolute Gasteiger partial charge is 0.0748 e. The van der Waals surface area contributed by atoms with Crippen LogP contribution in [0.15, 0.2) is 0 Å². The molecule has 7 heteroatoms. The van der Waals surface area contributed by atoms with Crippen molar-refractivity contribution in [3.05, 3.63) is 0 Å². The molecule has 0 amide bonds. The molecule has 6 fully saturated rings. The van der Waals surface area contributed by atoms with Crippen LogP contribution in [0, 0.1) is 17.8 Å². The molecule has 6 rings (SSSR count). The Hall–Kier alpha value is -0.280. The zero-order valence-corrected chi connectivity index (χ0v) is 18.8. The van der Waals surface area contributed by atoms with E-state index in [1.807, 2.05) is 0 Å². The molecule has 6 heterocycles. The summed E-state index contributed by atoms with van der Waals surface area (Å²) < 4.78 is 0. The van der Waals surface area contributed by atoms with E-state index in [0.29, 0.717) is 36.5 Å². The van der Waals surface area contributed by atoms with Crippen molar-refractivity contribution in [3.63, 3.8) is 0 Å². The average molecular weight is 418 g/mol. The summed E-state index contributed by atoms with van der Waals surface area (Å²) in [5.74, 6) is 2.27. The first kappa shape index (κ1) is 20.3. The number of hydrazine groups is 1. The minimum Gasteiger partial charge on any atom is -0.316 e. The summed E-state index contributed by atoms with van der Waals surface area (Å²) in [6, 6.07) is 2.59. The maximum atomic E-state index is 4.10. The highest BCUT2D eigenvalue weighted by atomic mass is 15.6. The molecular weight excluding hydrogens is 374 g/mol. The van der Waals surface area contributed by atoms with E-state index in [-0.39, 0.29) is 0 Å².